The monoisotopic (exact) mass is 307 g/mol. The molecule has 0 bridgehead atoms. The molecule has 0 spiro atoms. The summed E-state index contributed by atoms with van der Waals surface area (Å²) in [7, 11) is 3.16. The van der Waals surface area contributed by atoms with Crippen LogP contribution in [-0.4, -0.2) is 36.4 Å². The van der Waals surface area contributed by atoms with Gasteiger partial charge in [0, 0.05) is 14.1 Å². The van der Waals surface area contributed by atoms with Gasteiger partial charge in [0.15, 0.2) is 0 Å². The average Bonchev–Trinajstić information content (AvgIpc) is 2.25. The summed E-state index contributed by atoms with van der Waals surface area (Å²) < 4.78 is 0. The third-order valence-electron chi connectivity index (χ3n) is 1.15. The molecule has 9 heteroatoms. The summed E-state index contributed by atoms with van der Waals surface area (Å²) in [5.41, 5.74) is 5.73. The van der Waals surface area contributed by atoms with Crippen LogP contribution < -0.4 is 10.9 Å². The summed E-state index contributed by atoms with van der Waals surface area (Å²) in [6, 6.07) is 0. The number of aliphatic imine (C=N–C) groups is 2. The summed E-state index contributed by atoms with van der Waals surface area (Å²) in [5.74, 6) is 0. The molecular formula is C7H12CuN6S2. The fraction of sp³-hybridized carbons (Fsp3) is 0.429. The van der Waals surface area contributed by atoms with E-state index in [0.717, 1.165) is 0 Å². The Balaban J connectivity index is 0. The maximum absolute atomic E-state index is 4.77. The summed E-state index contributed by atoms with van der Waals surface area (Å²) >= 11 is 9.52. The molecule has 0 unspecified atom stereocenters. The van der Waals surface area contributed by atoms with Crippen LogP contribution in [0.2, 0.25) is 0 Å². The minimum atomic E-state index is 0. The van der Waals surface area contributed by atoms with E-state index in [2.05, 4.69) is 31.0 Å². The van der Waals surface area contributed by atoms with Crippen molar-refractivity contribution in [2.24, 2.45) is 20.2 Å². The van der Waals surface area contributed by atoms with Crippen LogP contribution in [0.4, 0.5) is 0 Å². The summed E-state index contributed by atoms with van der Waals surface area (Å²) in [4.78, 5) is 7.39. The molecule has 0 aliphatic rings. The maximum Gasteiger partial charge on any atom is 2.00 e. The number of hydrogen-bond donors (Lipinski definition) is 2. The number of nitrogens with one attached hydrogen (secondary N) is 2. The van der Waals surface area contributed by atoms with Crippen molar-refractivity contribution in [1.29, 1.82) is 0 Å². The number of rotatable bonds is 3. The molecule has 0 amide bonds. The van der Waals surface area contributed by atoms with Crippen molar-refractivity contribution in [1.82, 2.24) is 10.9 Å². The van der Waals surface area contributed by atoms with E-state index >= 15 is 0 Å². The van der Waals surface area contributed by atoms with Gasteiger partial charge in [0.1, 0.15) is 0 Å². The van der Waals surface area contributed by atoms with Gasteiger partial charge in [-0.25, -0.2) is 0 Å². The summed E-state index contributed by atoms with van der Waals surface area (Å²) in [6.45, 7) is 1.75. The normalized spacial score (nSPS) is 13.6. The third kappa shape index (κ3) is 9.78. The van der Waals surface area contributed by atoms with Gasteiger partial charge >= 0.3 is 17.1 Å². The summed E-state index contributed by atoms with van der Waals surface area (Å²) in [5, 5.41) is 8.30. The van der Waals surface area contributed by atoms with Gasteiger partial charge in [0.2, 0.25) is 0 Å². The van der Waals surface area contributed by atoms with E-state index in [4.69, 9.17) is 25.3 Å². The summed E-state index contributed by atoms with van der Waals surface area (Å²) in [6.07, 6.45) is 1.49. The Kier molecular flexibility index (Phi) is 11.8. The second kappa shape index (κ2) is 10.7. The first-order valence-electron chi connectivity index (χ1n) is 3.97. The molecule has 0 atom stereocenters. The molecule has 0 saturated carbocycles. The molecule has 0 aromatic carbocycles. The Bertz CT molecular complexity index is 312. The molecule has 0 rings (SSSR count). The Morgan fingerprint density at radius 1 is 1.06 bits per heavy atom. The largest absolute Gasteiger partial charge is 2.00 e. The predicted octanol–water partition coefficient (Wildman–Crippen LogP) is -0.410. The van der Waals surface area contributed by atoms with Crippen LogP contribution in [0.1, 0.15) is 6.92 Å². The molecule has 0 heterocycles. The van der Waals surface area contributed by atoms with Gasteiger partial charge in [-0.2, -0.15) is 10.2 Å². The van der Waals surface area contributed by atoms with Crippen molar-refractivity contribution in [2.75, 3.05) is 14.1 Å². The minimum absolute atomic E-state index is 0. The zero-order valence-electron chi connectivity index (χ0n) is 8.98. The molecule has 16 heavy (non-hydrogen) atoms. The van der Waals surface area contributed by atoms with Crippen LogP contribution in [0, 0.1) is 0 Å². The fourth-order valence-electron chi connectivity index (χ4n) is 0.446. The number of amidine groups is 2. The van der Waals surface area contributed by atoms with Gasteiger partial charge in [0.05, 0.1) is 11.9 Å². The van der Waals surface area contributed by atoms with Crippen LogP contribution in [0.25, 0.3) is 0 Å². The second-order valence-electron chi connectivity index (χ2n) is 2.29. The molecule has 0 aromatic heterocycles. The van der Waals surface area contributed by atoms with E-state index in [1.807, 2.05) is 0 Å². The van der Waals surface area contributed by atoms with Crippen LogP contribution in [0.15, 0.2) is 20.2 Å². The van der Waals surface area contributed by atoms with E-state index in [0.29, 0.717) is 16.0 Å². The van der Waals surface area contributed by atoms with Gasteiger partial charge in [-0.15, -0.1) is 0 Å². The van der Waals surface area contributed by atoms with Crippen molar-refractivity contribution in [2.45, 2.75) is 6.92 Å². The van der Waals surface area contributed by atoms with Crippen LogP contribution in [-0.2, 0) is 42.3 Å². The van der Waals surface area contributed by atoms with Crippen molar-refractivity contribution in [3.63, 3.8) is 0 Å². The molecule has 0 fully saturated rings. The van der Waals surface area contributed by atoms with Crippen LogP contribution in [0.5, 0.6) is 0 Å². The smallest absolute Gasteiger partial charge is 0.741 e. The number of nitrogens with zero attached hydrogens (tertiary/aromatic N) is 4. The van der Waals surface area contributed by atoms with E-state index in [-0.39, 0.29) is 17.1 Å². The molecule has 6 nitrogen and oxygen atoms in total. The average molecular weight is 308 g/mol. The SMILES string of the molecule is CN=C([S-])N/N=C\C(C)=N/NC([S-])=NC.[Cu+2]. The number of hydrogen-bond acceptors (Lipinski definition) is 6. The van der Waals surface area contributed by atoms with Gasteiger partial charge in [0.25, 0.3) is 0 Å². The van der Waals surface area contributed by atoms with Crippen LogP contribution in [0.3, 0.4) is 0 Å². The van der Waals surface area contributed by atoms with Gasteiger partial charge in [-0.3, -0.25) is 20.8 Å². The van der Waals surface area contributed by atoms with E-state index in [1.54, 1.807) is 21.0 Å². The Labute approximate surface area is 116 Å². The quantitative estimate of drug-likeness (QED) is 0.244. The minimum Gasteiger partial charge on any atom is -0.741 e. The van der Waals surface area contributed by atoms with Crippen LogP contribution >= 0.6 is 0 Å². The van der Waals surface area contributed by atoms with E-state index in [9.17, 15) is 0 Å². The molecular weight excluding hydrogens is 296 g/mol. The molecule has 0 aliphatic heterocycles. The molecule has 0 aromatic rings. The number of hydrazone groups is 2. The van der Waals surface area contributed by atoms with Gasteiger partial charge in [-0.05, 0) is 17.3 Å². The predicted molar refractivity (Wildman–Crippen MR) is 69.3 cm³/mol. The molecule has 2 N–H and O–H groups in total. The maximum atomic E-state index is 4.77. The van der Waals surface area contributed by atoms with Gasteiger partial charge < -0.3 is 25.3 Å². The van der Waals surface area contributed by atoms with Crippen molar-refractivity contribution in [3.05, 3.63) is 0 Å². The first kappa shape index (κ1) is 17.6. The molecule has 1 radical (unpaired) electrons. The van der Waals surface area contributed by atoms with E-state index < -0.39 is 0 Å². The first-order valence-corrected chi connectivity index (χ1v) is 4.78. The van der Waals surface area contributed by atoms with E-state index in [1.165, 1.54) is 6.21 Å². The zero-order chi connectivity index (χ0) is 11.7. The first-order chi connectivity index (χ1) is 7.10. The Hall–Kier alpha value is -0.761. The fourth-order valence-corrected chi connectivity index (χ4v) is 0.544. The molecule has 93 valence electrons. The molecule has 0 saturated heterocycles. The second-order valence-corrected chi connectivity index (χ2v) is 3.07. The van der Waals surface area contributed by atoms with Gasteiger partial charge in [-0.1, -0.05) is 0 Å². The Morgan fingerprint density at radius 3 is 2.06 bits per heavy atom. The standard InChI is InChI=1S/C7H14N6S2.Cu/c1-5(11-13-7(15)9-3)4-10-12-6(14)8-2;/h4H,1-3H3,(H2,8,12,14)(H2,9,13,15);/q;+2/p-2/b10-4-,11-5-;. The van der Waals surface area contributed by atoms with Crippen molar-refractivity contribution < 1.29 is 17.1 Å². The van der Waals surface area contributed by atoms with Crippen molar-refractivity contribution >= 4 is 47.5 Å². The molecule has 0 aliphatic carbocycles. The third-order valence-corrected chi connectivity index (χ3v) is 1.69. The topological polar surface area (TPSA) is 73.5 Å². The Morgan fingerprint density at radius 2 is 1.56 bits per heavy atom. The van der Waals surface area contributed by atoms with Crippen molar-refractivity contribution in [3.8, 4) is 0 Å². The zero-order valence-corrected chi connectivity index (χ0v) is 11.6.